The number of sulfonamides is 1. The quantitative estimate of drug-likeness (QED) is 0.866. The molecule has 0 fully saturated rings. The topological polar surface area (TPSA) is 63.4 Å². The van der Waals surface area contributed by atoms with Crippen LogP contribution >= 0.6 is 11.3 Å². The van der Waals surface area contributed by atoms with E-state index in [-0.39, 0.29) is 0 Å². The van der Waals surface area contributed by atoms with Gasteiger partial charge in [0, 0.05) is 23.7 Å². The Kier molecular flexibility index (Phi) is 3.32. The van der Waals surface area contributed by atoms with E-state index < -0.39 is 10.0 Å². The third-order valence-electron chi connectivity index (χ3n) is 3.58. The maximum absolute atomic E-state index is 12.6. The van der Waals surface area contributed by atoms with Crippen LogP contribution in [0.3, 0.4) is 0 Å². The van der Waals surface area contributed by atoms with Gasteiger partial charge in [0.05, 0.1) is 0 Å². The van der Waals surface area contributed by atoms with Gasteiger partial charge >= 0.3 is 0 Å². The summed E-state index contributed by atoms with van der Waals surface area (Å²) >= 11 is 1.31. The average Bonchev–Trinajstić information content (AvgIpc) is 2.86. The fraction of sp³-hybridized carbons (Fsp3) is 0.286. The van der Waals surface area contributed by atoms with Gasteiger partial charge in [-0.15, -0.1) is 11.3 Å². The Morgan fingerprint density at radius 1 is 1.25 bits per heavy atom. The molecule has 0 amide bonds. The molecule has 0 saturated heterocycles. The highest BCUT2D eigenvalue weighted by Gasteiger charge is 2.30. The van der Waals surface area contributed by atoms with Crippen LogP contribution < -0.4 is 5.73 Å². The minimum absolute atomic E-state index is 0.362. The summed E-state index contributed by atoms with van der Waals surface area (Å²) in [5, 5.41) is 0. The number of thiophene rings is 1. The van der Waals surface area contributed by atoms with Crippen LogP contribution in [-0.2, 0) is 23.0 Å². The molecule has 1 aliphatic rings. The van der Waals surface area contributed by atoms with Crippen molar-refractivity contribution in [2.75, 3.05) is 12.3 Å². The molecule has 0 spiro atoms. The highest BCUT2D eigenvalue weighted by Crippen LogP contribution is 2.30. The third kappa shape index (κ3) is 2.24. The first-order valence-corrected chi connectivity index (χ1v) is 8.67. The molecule has 1 aromatic heterocycles. The van der Waals surface area contributed by atoms with E-state index in [2.05, 4.69) is 0 Å². The lowest BCUT2D eigenvalue weighted by molar-refractivity contribution is 0.393. The van der Waals surface area contributed by atoms with Crippen LogP contribution in [0.2, 0.25) is 0 Å². The van der Waals surface area contributed by atoms with Crippen LogP contribution in [0, 0.1) is 6.92 Å². The summed E-state index contributed by atoms with van der Waals surface area (Å²) < 4.78 is 27.2. The van der Waals surface area contributed by atoms with Gasteiger partial charge in [-0.1, -0.05) is 12.1 Å². The van der Waals surface area contributed by atoms with Gasteiger partial charge in [0.15, 0.2) is 0 Å². The normalized spacial score (nSPS) is 16.1. The molecule has 0 radical (unpaired) electrons. The van der Waals surface area contributed by atoms with E-state index in [0.29, 0.717) is 29.4 Å². The minimum atomic E-state index is -3.40. The standard InChI is InChI=1S/C14H16N2O2S2/c1-10-5-6-14(19-10)20(17,18)16-8-7-11-3-2-4-13(15)12(11)9-16/h2-6H,7-9,15H2,1H3. The zero-order chi connectivity index (χ0) is 14.3. The van der Waals surface area contributed by atoms with E-state index in [1.54, 1.807) is 6.07 Å². The highest BCUT2D eigenvalue weighted by molar-refractivity contribution is 7.91. The lowest BCUT2D eigenvalue weighted by Crippen LogP contribution is -2.36. The van der Waals surface area contributed by atoms with Crippen molar-refractivity contribution >= 4 is 27.0 Å². The Labute approximate surface area is 122 Å². The van der Waals surface area contributed by atoms with E-state index in [4.69, 9.17) is 5.73 Å². The summed E-state index contributed by atoms with van der Waals surface area (Å²) in [7, 11) is -3.40. The van der Waals surface area contributed by atoms with E-state index >= 15 is 0 Å². The molecular weight excluding hydrogens is 292 g/mol. The lowest BCUT2D eigenvalue weighted by atomic mass is 10.00. The van der Waals surface area contributed by atoms with E-state index in [9.17, 15) is 8.42 Å². The molecule has 6 heteroatoms. The molecule has 1 aromatic carbocycles. The number of rotatable bonds is 2. The van der Waals surface area contributed by atoms with Crippen LogP contribution in [0.25, 0.3) is 0 Å². The number of hydrogen-bond donors (Lipinski definition) is 1. The van der Waals surface area contributed by atoms with Crippen molar-refractivity contribution in [2.45, 2.75) is 24.1 Å². The van der Waals surface area contributed by atoms with E-state index in [1.807, 2.05) is 31.2 Å². The van der Waals surface area contributed by atoms with Gasteiger partial charge in [0.25, 0.3) is 10.0 Å². The maximum atomic E-state index is 12.6. The molecule has 2 aromatic rings. The summed E-state index contributed by atoms with van der Waals surface area (Å²) in [5.74, 6) is 0. The van der Waals surface area contributed by atoms with Crippen LogP contribution in [0.5, 0.6) is 0 Å². The first kappa shape index (κ1) is 13.6. The molecule has 0 unspecified atom stereocenters. The summed E-state index contributed by atoms with van der Waals surface area (Å²) in [6.07, 6.45) is 0.712. The molecule has 1 aliphatic heterocycles. The number of benzene rings is 1. The second-order valence-electron chi connectivity index (χ2n) is 4.94. The molecule has 20 heavy (non-hydrogen) atoms. The number of nitrogen functional groups attached to an aromatic ring is 1. The second-order valence-corrected chi connectivity index (χ2v) is 8.39. The largest absolute Gasteiger partial charge is 0.398 e. The first-order valence-electron chi connectivity index (χ1n) is 6.41. The number of fused-ring (bicyclic) bond motifs is 1. The van der Waals surface area contributed by atoms with Crippen LogP contribution in [0.4, 0.5) is 5.69 Å². The predicted molar refractivity (Wildman–Crippen MR) is 81.2 cm³/mol. The Hall–Kier alpha value is -1.37. The molecule has 106 valence electrons. The fourth-order valence-corrected chi connectivity index (χ4v) is 5.31. The van der Waals surface area contributed by atoms with Crippen molar-refractivity contribution in [1.82, 2.24) is 4.31 Å². The van der Waals surface area contributed by atoms with Crippen molar-refractivity contribution in [3.63, 3.8) is 0 Å². The van der Waals surface area contributed by atoms with Crippen molar-refractivity contribution in [1.29, 1.82) is 0 Å². The third-order valence-corrected chi connectivity index (χ3v) is 6.90. The molecule has 4 nitrogen and oxygen atoms in total. The predicted octanol–water partition coefficient (Wildman–Crippen LogP) is 2.39. The van der Waals surface area contributed by atoms with Crippen LogP contribution in [0.15, 0.2) is 34.5 Å². The van der Waals surface area contributed by atoms with Gasteiger partial charge in [-0.2, -0.15) is 4.31 Å². The minimum Gasteiger partial charge on any atom is -0.398 e. The molecular formula is C14H16N2O2S2. The Morgan fingerprint density at radius 2 is 2.05 bits per heavy atom. The zero-order valence-electron chi connectivity index (χ0n) is 11.2. The van der Waals surface area contributed by atoms with Gasteiger partial charge in [-0.05, 0) is 42.7 Å². The molecule has 0 bridgehead atoms. The molecule has 0 saturated carbocycles. The zero-order valence-corrected chi connectivity index (χ0v) is 12.8. The molecule has 0 aliphatic carbocycles. The van der Waals surface area contributed by atoms with Crippen molar-refractivity contribution in [2.24, 2.45) is 0 Å². The first-order chi connectivity index (χ1) is 9.48. The number of nitrogens with zero attached hydrogens (tertiary/aromatic N) is 1. The average molecular weight is 308 g/mol. The SMILES string of the molecule is Cc1ccc(S(=O)(=O)N2CCc3cccc(N)c3C2)s1. The van der Waals surface area contributed by atoms with Gasteiger partial charge < -0.3 is 5.73 Å². The van der Waals surface area contributed by atoms with Crippen LogP contribution in [0.1, 0.15) is 16.0 Å². The number of hydrogen-bond acceptors (Lipinski definition) is 4. The van der Waals surface area contributed by atoms with Crippen molar-refractivity contribution in [3.8, 4) is 0 Å². The monoisotopic (exact) mass is 308 g/mol. The van der Waals surface area contributed by atoms with Crippen molar-refractivity contribution in [3.05, 3.63) is 46.3 Å². The van der Waals surface area contributed by atoms with Crippen LogP contribution in [-0.4, -0.2) is 19.3 Å². The smallest absolute Gasteiger partial charge is 0.252 e. The van der Waals surface area contributed by atoms with Gasteiger partial charge in [-0.3, -0.25) is 0 Å². The Morgan fingerprint density at radius 3 is 2.75 bits per heavy atom. The summed E-state index contributed by atoms with van der Waals surface area (Å²) in [6.45, 7) is 2.78. The summed E-state index contributed by atoms with van der Waals surface area (Å²) in [5.41, 5.74) is 8.73. The van der Waals surface area contributed by atoms with Gasteiger partial charge in [-0.25, -0.2) is 8.42 Å². The molecule has 0 atom stereocenters. The fourth-order valence-electron chi connectivity index (χ4n) is 2.47. The second kappa shape index (κ2) is 4.87. The highest BCUT2D eigenvalue weighted by atomic mass is 32.2. The maximum Gasteiger partial charge on any atom is 0.252 e. The van der Waals surface area contributed by atoms with Gasteiger partial charge in [0.1, 0.15) is 4.21 Å². The lowest BCUT2D eigenvalue weighted by Gasteiger charge is -2.28. The van der Waals surface area contributed by atoms with Crippen molar-refractivity contribution < 1.29 is 8.42 Å². The van der Waals surface area contributed by atoms with Gasteiger partial charge in [0.2, 0.25) is 0 Å². The molecule has 3 rings (SSSR count). The molecule has 2 N–H and O–H groups in total. The summed E-state index contributed by atoms with van der Waals surface area (Å²) in [4.78, 5) is 1.00. The number of aryl methyl sites for hydroxylation is 1. The van der Waals surface area contributed by atoms with E-state index in [1.165, 1.54) is 15.6 Å². The summed E-state index contributed by atoms with van der Waals surface area (Å²) in [6, 6.07) is 9.28. The van der Waals surface area contributed by atoms with E-state index in [0.717, 1.165) is 16.0 Å². The number of nitrogens with two attached hydrogens (primary N) is 1. The molecule has 2 heterocycles. The Bertz CT molecular complexity index is 750. The Balaban J connectivity index is 1.96. The number of anilines is 1.